The highest BCUT2D eigenvalue weighted by atomic mass is 31.0. The molecule has 0 bridgehead atoms. The van der Waals surface area contributed by atoms with Crippen LogP contribution in [0.3, 0.4) is 0 Å². The molecule has 16 nitrogen and oxygen atoms in total. The van der Waals surface area contributed by atoms with E-state index in [0.29, 0.717) is 41.2 Å². The van der Waals surface area contributed by atoms with E-state index >= 15 is 0 Å². The number of carbonyl (C=O) groups is 2. The molecule has 0 aromatic carbocycles. The zero-order valence-electron chi connectivity index (χ0n) is 29.9. The number of amides is 2. The van der Waals surface area contributed by atoms with Gasteiger partial charge in [0.15, 0.2) is 35.0 Å². The molecule has 17 heteroatoms. The number of nitrogens with one attached hydrogen (secondary N) is 2. The first-order chi connectivity index (χ1) is 23.7. The van der Waals surface area contributed by atoms with Gasteiger partial charge in [0.05, 0.1) is 12.9 Å². The van der Waals surface area contributed by atoms with Crippen LogP contribution in [0.15, 0.2) is 18.5 Å². The van der Waals surface area contributed by atoms with Gasteiger partial charge in [0.25, 0.3) is 0 Å². The molecule has 0 spiro atoms. The maximum Gasteiger partial charge on any atom is 0.408 e. The summed E-state index contributed by atoms with van der Waals surface area (Å²) in [5, 5.41) is 5.70. The molecule has 6 atom stereocenters. The molecular formula is C33H51N8O8P. The van der Waals surface area contributed by atoms with Crippen molar-refractivity contribution in [2.75, 3.05) is 30.8 Å². The van der Waals surface area contributed by atoms with Gasteiger partial charge < -0.3 is 50.5 Å². The molecule has 6 N–H and O–H groups in total. The quantitative estimate of drug-likeness (QED) is 0.162. The van der Waals surface area contributed by atoms with Crippen LogP contribution in [0, 0.1) is 5.92 Å². The van der Waals surface area contributed by atoms with Crippen LogP contribution >= 0.6 is 8.19 Å². The number of rotatable bonds is 15. The van der Waals surface area contributed by atoms with E-state index in [1.807, 2.05) is 33.5 Å². The van der Waals surface area contributed by atoms with E-state index in [1.54, 1.807) is 31.7 Å². The molecule has 276 valence electrons. The summed E-state index contributed by atoms with van der Waals surface area (Å²) in [6.07, 6.45) is 3.94. The van der Waals surface area contributed by atoms with Crippen molar-refractivity contribution < 1.29 is 38.0 Å². The highest BCUT2D eigenvalue weighted by Crippen LogP contribution is 2.47. The van der Waals surface area contributed by atoms with E-state index in [2.05, 4.69) is 25.6 Å². The zero-order valence-corrected chi connectivity index (χ0v) is 30.9. The van der Waals surface area contributed by atoms with Crippen LogP contribution in [0.1, 0.15) is 80.4 Å². The lowest BCUT2D eigenvalue weighted by Crippen LogP contribution is -2.48. The maximum absolute atomic E-state index is 13.5. The molecule has 50 heavy (non-hydrogen) atoms. The van der Waals surface area contributed by atoms with Gasteiger partial charge in [-0.3, -0.25) is 9.36 Å². The van der Waals surface area contributed by atoms with Crippen LogP contribution in [0.2, 0.25) is 0 Å². The van der Waals surface area contributed by atoms with Crippen LogP contribution < -0.4 is 31.6 Å². The Kier molecular flexibility index (Phi) is 11.8. The second kappa shape index (κ2) is 15.7. The Hall–Kier alpha value is -3.69. The number of alkyl carbamates (subject to hydrolysis) is 1. The summed E-state index contributed by atoms with van der Waals surface area (Å²) in [5.41, 5.74) is 12.5. The van der Waals surface area contributed by atoms with E-state index in [1.165, 1.54) is 6.33 Å². The third-order valence-corrected chi connectivity index (χ3v) is 9.25. The number of hydrogen-bond donors (Lipinski definition) is 4. The lowest BCUT2D eigenvalue weighted by Gasteiger charge is -2.25. The van der Waals surface area contributed by atoms with Gasteiger partial charge >= 0.3 is 6.09 Å². The molecular weight excluding hydrogens is 667 g/mol. The fourth-order valence-electron chi connectivity index (χ4n) is 5.93. The molecule has 3 aromatic rings. The largest absolute Gasteiger partial charge is 0.487 e. The Morgan fingerprint density at radius 1 is 1.08 bits per heavy atom. The number of unbranched alkanes of at least 4 members (excludes halogenated alkanes) is 3. The number of nitrogens with two attached hydrogens (primary N) is 2. The fourth-order valence-corrected chi connectivity index (χ4v) is 6.94. The first-order valence-corrected chi connectivity index (χ1v) is 18.2. The summed E-state index contributed by atoms with van der Waals surface area (Å²) in [6, 6.07) is -0.840. The minimum absolute atomic E-state index is 0.0560. The van der Waals surface area contributed by atoms with E-state index in [9.17, 15) is 9.59 Å². The van der Waals surface area contributed by atoms with Crippen molar-refractivity contribution in [3.05, 3.63) is 18.5 Å². The van der Waals surface area contributed by atoms with Crippen molar-refractivity contribution in [2.24, 2.45) is 11.7 Å². The molecule has 0 saturated carbocycles. The van der Waals surface area contributed by atoms with Crippen molar-refractivity contribution in [1.29, 1.82) is 0 Å². The molecule has 0 aliphatic carbocycles. The van der Waals surface area contributed by atoms with Crippen LogP contribution in [0.4, 0.5) is 16.0 Å². The number of fused-ring (bicyclic) bond motifs is 2. The van der Waals surface area contributed by atoms with Crippen LogP contribution in [0.25, 0.3) is 11.2 Å². The molecule has 2 aliphatic heterocycles. The highest BCUT2D eigenvalue weighted by molar-refractivity contribution is 7.34. The predicted molar refractivity (Wildman–Crippen MR) is 189 cm³/mol. The Bertz CT molecular complexity index is 1620. The first kappa shape index (κ1) is 37.6. The number of anilines is 2. The number of imidazole rings is 1. The molecule has 3 aromatic heterocycles. The Morgan fingerprint density at radius 2 is 1.82 bits per heavy atom. The molecule has 5 rings (SSSR count). The fraction of sp³-hybridized carbons (Fsp3) is 0.667. The van der Waals surface area contributed by atoms with Gasteiger partial charge in [-0.25, -0.2) is 19.7 Å². The van der Waals surface area contributed by atoms with Gasteiger partial charge in [-0.05, 0) is 59.9 Å². The van der Waals surface area contributed by atoms with Gasteiger partial charge in [0.2, 0.25) is 5.91 Å². The molecule has 2 fully saturated rings. The number of hydrogen-bond acceptors (Lipinski definition) is 13. The van der Waals surface area contributed by atoms with Gasteiger partial charge in [0, 0.05) is 5.80 Å². The van der Waals surface area contributed by atoms with Crippen molar-refractivity contribution in [1.82, 2.24) is 24.8 Å². The molecule has 2 aliphatic rings. The normalized spacial score (nSPS) is 22.2. The van der Waals surface area contributed by atoms with Crippen molar-refractivity contribution in [3.8, 4) is 11.5 Å². The monoisotopic (exact) mass is 718 g/mol. The van der Waals surface area contributed by atoms with Gasteiger partial charge in [0.1, 0.15) is 53.8 Å². The van der Waals surface area contributed by atoms with Crippen molar-refractivity contribution >= 4 is 42.6 Å². The molecule has 5 heterocycles. The average Bonchev–Trinajstić information content (AvgIpc) is 3.78. The minimum Gasteiger partial charge on any atom is -0.487 e. The lowest BCUT2D eigenvalue weighted by molar-refractivity contribution is -0.198. The van der Waals surface area contributed by atoms with Crippen LogP contribution in [-0.2, 0) is 23.7 Å². The third-order valence-electron chi connectivity index (χ3n) is 8.20. The number of nitrogen functional groups attached to an aromatic ring is 1. The lowest BCUT2D eigenvalue weighted by atomic mass is 10.0. The molecule has 2 saturated heterocycles. The smallest absolute Gasteiger partial charge is 0.408 e. The maximum atomic E-state index is 13.5. The summed E-state index contributed by atoms with van der Waals surface area (Å²) in [5.74, 6) is 1.63. The highest BCUT2D eigenvalue weighted by Gasteiger charge is 2.56. The summed E-state index contributed by atoms with van der Waals surface area (Å²) in [6.45, 7) is 13.9. The summed E-state index contributed by atoms with van der Waals surface area (Å²) < 4.78 is 38.9. The Balaban J connectivity index is 1.33. The molecule has 2 amide bonds. The number of ether oxygens (including phenoxy) is 6. The zero-order chi connectivity index (χ0) is 36.2. The topological polar surface area (TPSA) is 209 Å². The SMILES string of the molecule is CC(C)[C@H](NC(=O)OC(C)(C)C)C(=O)Nc1[pH]cc(OC[C@H]2O[C@@H](n3cnc4c(N)ncnc43)[C@@H]3OC(C)(C)O[C@@H]32)c1OCCCCCCN. The second-order valence-corrected chi connectivity index (χ2v) is 15.4. The third kappa shape index (κ3) is 8.96. The van der Waals surface area contributed by atoms with Gasteiger partial charge in [-0.1, -0.05) is 26.7 Å². The van der Waals surface area contributed by atoms with Gasteiger partial charge in [-0.2, -0.15) is 0 Å². The first-order valence-electron chi connectivity index (χ1n) is 17.1. The number of nitrogens with zero attached hydrogens (tertiary/aromatic N) is 4. The van der Waals surface area contributed by atoms with E-state index in [0.717, 1.165) is 25.7 Å². The summed E-state index contributed by atoms with van der Waals surface area (Å²) in [7, 11) is 0.0560. The van der Waals surface area contributed by atoms with E-state index in [4.69, 9.17) is 39.9 Å². The van der Waals surface area contributed by atoms with Crippen LogP contribution in [-0.4, -0.2) is 87.0 Å². The minimum atomic E-state index is -0.857. The second-order valence-electron chi connectivity index (χ2n) is 14.3. The van der Waals surface area contributed by atoms with Crippen LogP contribution in [0.5, 0.6) is 11.5 Å². The summed E-state index contributed by atoms with van der Waals surface area (Å²) in [4.78, 5) is 38.9. The standard InChI is InChI=1S/C33H51N8O8P/c1-18(2)21(39-31(43)49-32(3,4)5)28(42)40-29-24(44-13-11-9-8-10-12-34)20(15-50-29)45-14-19-23-25(48-33(6,7)47-23)30(46-19)41-17-38-22-26(35)36-16-37-27(22)41/h15-19,21,23,25,30,50H,8-14,34H2,1-7H3,(H,39,43)(H,40,42)(H2,35,36,37)/t19-,21+,23-,25-,30-/m1/s1. The van der Waals surface area contributed by atoms with E-state index < -0.39 is 48.1 Å². The summed E-state index contributed by atoms with van der Waals surface area (Å²) >= 11 is 0. The molecule has 0 radical (unpaired) electrons. The average molecular weight is 719 g/mol. The number of aromatic nitrogens is 4. The van der Waals surface area contributed by atoms with Gasteiger partial charge in [-0.15, -0.1) is 8.19 Å². The van der Waals surface area contributed by atoms with E-state index in [-0.39, 0.29) is 32.4 Å². The van der Waals surface area contributed by atoms with Crippen molar-refractivity contribution in [3.63, 3.8) is 0 Å². The van der Waals surface area contributed by atoms with Crippen molar-refractivity contribution in [2.45, 2.75) is 116 Å². The Morgan fingerprint density at radius 3 is 2.54 bits per heavy atom. The predicted octanol–water partition coefficient (Wildman–Crippen LogP) is 4.32. The number of carbonyl (C=O) groups excluding carboxylic acids is 2. The Labute approximate surface area is 293 Å². The molecule has 1 unspecified atom stereocenters.